The van der Waals surface area contributed by atoms with E-state index in [-0.39, 0.29) is 11.3 Å². The van der Waals surface area contributed by atoms with Crippen molar-refractivity contribution in [2.75, 3.05) is 27.1 Å². The monoisotopic (exact) mass is 359 g/mol. The van der Waals surface area contributed by atoms with Crippen LogP contribution in [-0.4, -0.2) is 37.9 Å². The minimum atomic E-state index is -0.163. The Bertz CT molecular complexity index is 743. The van der Waals surface area contributed by atoms with Crippen LogP contribution in [0.2, 0.25) is 0 Å². The van der Waals surface area contributed by atoms with Crippen LogP contribution >= 0.6 is 11.8 Å². The van der Waals surface area contributed by atoms with E-state index in [0.29, 0.717) is 12.3 Å². The molecule has 1 atom stereocenters. The highest BCUT2D eigenvalue weighted by atomic mass is 32.2. The molecule has 0 aliphatic carbocycles. The van der Waals surface area contributed by atoms with Crippen LogP contribution in [0, 0.1) is 0 Å². The number of rotatable bonds is 6. The highest BCUT2D eigenvalue weighted by Gasteiger charge is 2.36. The second-order valence-electron chi connectivity index (χ2n) is 5.57. The summed E-state index contributed by atoms with van der Waals surface area (Å²) in [5.74, 6) is 2.74. The maximum absolute atomic E-state index is 12.5. The predicted molar refractivity (Wildman–Crippen MR) is 98.3 cm³/mol. The second kappa shape index (κ2) is 7.70. The number of hydrogen-bond acceptors (Lipinski definition) is 5. The van der Waals surface area contributed by atoms with E-state index in [4.69, 9.17) is 14.2 Å². The van der Waals surface area contributed by atoms with Crippen molar-refractivity contribution < 1.29 is 19.0 Å². The van der Waals surface area contributed by atoms with Crippen molar-refractivity contribution >= 4 is 17.7 Å². The van der Waals surface area contributed by atoms with Crippen molar-refractivity contribution in [1.29, 1.82) is 0 Å². The first-order valence-electron chi connectivity index (χ1n) is 7.93. The fraction of sp³-hybridized carbons (Fsp3) is 0.316. The first-order chi connectivity index (χ1) is 12.2. The van der Waals surface area contributed by atoms with E-state index in [1.165, 1.54) is 0 Å². The lowest BCUT2D eigenvalue weighted by Gasteiger charge is -2.27. The minimum Gasteiger partial charge on any atom is -0.496 e. The van der Waals surface area contributed by atoms with Gasteiger partial charge in [-0.05, 0) is 18.2 Å². The fourth-order valence-corrected chi connectivity index (χ4v) is 4.24. The first kappa shape index (κ1) is 17.5. The number of benzene rings is 2. The zero-order chi connectivity index (χ0) is 17.8. The molecule has 0 N–H and O–H groups in total. The zero-order valence-electron chi connectivity index (χ0n) is 14.5. The zero-order valence-corrected chi connectivity index (χ0v) is 15.3. The summed E-state index contributed by atoms with van der Waals surface area (Å²) in [5, 5.41) is -0.163. The molecule has 1 saturated heterocycles. The van der Waals surface area contributed by atoms with Crippen molar-refractivity contribution in [3.8, 4) is 17.2 Å². The summed E-state index contributed by atoms with van der Waals surface area (Å²) in [7, 11) is 4.90. The van der Waals surface area contributed by atoms with Gasteiger partial charge >= 0.3 is 0 Å². The number of carbonyl (C=O) groups is 1. The van der Waals surface area contributed by atoms with E-state index < -0.39 is 0 Å². The molecule has 132 valence electrons. The van der Waals surface area contributed by atoms with Crippen molar-refractivity contribution in [2.45, 2.75) is 11.9 Å². The Morgan fingerprint density at radius 3 is 2.20 bits per heavy atom. The van der Waals surface area contributed by atoms with Crippen molar-refractivity contribution in [2.24, 2.45) is 0 Å². The van der Waals surface area contributed by atoms with Crippen molar-refractivity contribution in [1.82, 2.24) is 4.90 Å². The molecular formula is C19H21NO4S. The van der Waals surface area contributed by atoms with E-state index in [1.54, 1.807) is 33.1 Å². The van der Waals surface area contributed by atoms with Crippen molar-refractivity contribution in [3.63, 3.8) is 0 Å². The molecule has 0 radical (unpaired) electrons. The number of ether oxygens (including phenoxy) is 3. The largest absolute Gasteiger partial charge is 0.496 e. The third kappa shape index (κ3) is 3.39. The predicted octanol–water partition coefficient (Wildman–Crippen LogP) is 3.49. The summed E-state index contributed by atoms with van der Waals surface area (Å²) in [6.07, 6.45) is 0. The van der Waals surface area contributed by atoms with Crippen LogP contribution in [0.5, 0.6) is 17.2 Å². The second-order valence-corrected chi connectivity index (χ2v) is 6.64. The molecule has 0 bridgehead atoms. The van der Waals surface area contributed by atoms with Crippen LogP contribution in [-0.2, 0) is 11.3 Å². The van der Waals surface area contributed by atoms with E-state index in [2.05, 4.69) is 0 Å². The topological polar surface area (TPSA) is 48.0 Å². The van der Waals surface area contributed by atoms with Gasteiger partial charge in [-0.1, -0.05) is 24.3 Å². The highest BCUT2D eigenvalue weighted by molar-refractivity contribution is 8.00. The van der Waals surface area contributed by atoms with Gasteiger partial charge in [0.1, 0.15) is 22.6 Å². The molecule has 1 heterocycles. The average Bonchev–Trinajstić information content (AvgIpc) is 3.01. The van der Waals surface area contributed by atoms with Gasteiger partial charge in [-0.15, -0.1) is 11.8 Å². The van der Waals surface area contributed by atoms with Crippen LogP contribution in [0.1, 0.15) is 16.5 Å². The summed E-state index contributed by atoms with van der Waals surface area (Å²) in [4.78, 5) is 14.4. The normalized spacial score (nSPS) is 16.8. The third-order valence-corrected chi connectivity index (χ3v) is 5.43. The lowest BCUT2D eigenvalue weighted by molar-refractivity contribution is -0.128. The molecule has 2 aromatic rings. The van der Waals surface area contributed by atoms with Gasteiger partial charge in [-0.3, -0.25) is 4.79 Å². The molecule has 0 saturated carbocycles. The Kier molecular flexibility index (Phi) is 5.38. The van der Waals surface area contributed by atoms with Crippen molar-refractivity contribution in [3.05, 3.63) is 53.6 Å². The SMILES string of the molecule is COc1ccccc1CN1C(=O)CSC1c1c(OC)cccc1OC. The van der Waals surface area contributed by atoms with Crippen LogP contribution in [0.3, 0.4) is 0 Å². The lowest BCUT2D eigenvalue weighted by Crippen LogP contribution is -2.28. The Balaban J connectivity index is 1.98. The molecule has 5 nitrogen and oxygen atoms in total. The van der Waals surface area contributed by atoms with Gasteiger partial charge in [0.15, 0.2) is 0 Å². The van der Waals surface area contributed by atoms with E-state index in [1.807, 2.05) is 47.4 Å². The van der Waals surface area contributed by atoms with Gasteiger partial charge in [0, 0.05) is 5.56 Å². The number of amides is 1. The van der Waals surface area contributed by atoms with E-state index >= 15 is 0 Å². The van der Waals surface area contributed by atoms with Gasteiger partial charge in [0.05, 0.1) is 39.2 Å². The number of thioether (sulfide) groups is 1. The summed E-state index contributed by atoms with van der Waals surface area (Å²) in [5.41, 5.74) is 1.86. The number of carbonyl (C=O) groups excluding carboxylic acids is 1. The summed E-state index contributed by atoms with van der Waals surface area (Å²) < 4.78 is 16.5. The minimum absolute atomic E-state index is 0.0915. The Morgan fingerprint density at radius 1 is 0.960 bits per heavy atom. The van der Waals surface area contributed by atoms with Gasteiger partial charge in [0.2, 0.25) is 5.91 Å². The number of methoxy groups -OCH3 is 3. The molecule has 1 aliphatic heterocycles. The molecule has 25 heavy (non-hydrogen) atoms. The molecule has 1 amide bonds. The van der Waals surface area contributed by atoms with Gasteiger partial charge in [-0.2, -0.15) is 0 Å². The quantitative estimate of drug-likeness (QED) is 0.790. The smallest absolute Gasteiger partial charge is 0.234 e. The summed E-state index contributed by atoms with van der Waals surface area (Å²) in [6.45, 7) is 0.474. The molecular weight excluding hydrogens is 338 g/mol. The Hall–Kier alpha value is -2.34. The molecule has 1 fully saturated rings. The third-order valence-electron chi connectivity index (χ3n) is 4.21. The fourth-order valence-electron chi connectivity index (χ4n) is 3.00. The highest BCUT2D eigenvalue weighted by Crippen LogP contribution is 2.47. The maximum Gasteiger partial charge on any atom is 0.234 e. The number of para-hydroxylation sites is 1. The summed E-state index contributed by atoms with van der Waals surface area (Å²) >= 11 is 1.58. The Morgan fingerprint density at radius 2 is 1.56 bits per heavy atom. The lowest BCUT2D eigenvalue weighted by atomic mass is 10.1. The van der Waals surface area contributed by atoms with Gasteiger partial charge in [-0.25, -0.2) is 0 Å². The van der Waals surface area contributed by atoms with Gasteiger partial charge in [0.25, 0.3) is 0 Å². The molecule has 6 heteroatoms. The van der Waals surface area contributed by atoms with Crippen LogP contribution in [0.25, 0.3) is 0 Å². The molecule has 0 spiro atoms. The Labute approximate surface area is 151 Å². The molecule has 3 rings (SSSR count). The molecule has 0 aromatic heterocycles. The number of nitrogens with zero attached hydrogens (tertiary/aromatic N) is 1. The van der Waals surface area contributed by atoms with E-state index in [0.717, 1.165) is 28.4 Å². The van der Waals surface area contributed by atoms with Crippen LogP contribution in [0.4, 0.5) is 0 Å². The van der Waals surface area contributed by atoms with Crippen LogP contribution in [0.15, 0.2) is 42.5 Å². The van der Waals surface area contributed by atoms with E-state index in [9.17, 15) is 4.79 Å². The van der Waals surface area contributed by atoms with Gasteiger partial charge < -0.3 is 19.1 Å². The first-order valence-corrected chi connectivity index (χ1v) is 8.98. The molecule has 2 aromatic carbocycles. The maximum atomic E-state index is 12.5. The standard InChI is InChI=1S/C19H21NO4S/c1-22-14-8-5-4-7-13(14)11-20-17(21)12-25-19(20)18-15(23-2)9-6-10-16(18)24-3/h4-10,19H,11-12H2,1-3H3. The summed E-state index contributed by atoms with van der Waals surface area (Å²) in [6, 6.07) is 13.4. The molecule has 1 aliphatic rings. The van der Waals surface area contributed by atoms with Crippen LogP contribution < -0.4 is 14.2 Å². The molecule has 1 unspecified atom stereocenters. The number of hydrogen-bond donors (Lipinski definition) is 0. The average molecular weight is 359 g/mol.